The minimum atomic E-state index is -3.34. The summed E-state index contributed by atoms with van der Waals surface area (Å²) in [5.74, 6) is -3.80. The summed E-state index contributed by atoms with van der Waals surface area (Å²) in [6.45, 7) is 10.7. The van der Waals surface area contributed by atoms with Crippen LogP contribution in [0.4, 0.5) is 8.78 Å². The molecule has 5 atom stereocenters. The highest BCUT2D eigenvalue weighted by Crippen LogP contribution is 2.17. The second-order valence-electron chi connectivity index (χ2n) is 10.1. The molecule has 4 N–H and O–H groups in total. The lowest BCUT2D eigenvalue weighted by Gasteiger charge is -2.32. The predicted molar refractivity (Wildman–Crippen MR) is 123 cm³/mol. The molecule has 0 aromatic carbocycles. The molecule has 0 aliphatic carbocycles. The molecule has 12 heteroatoms. The third kappa shape index (κ3) is 10.5. The van der Waals surface area contributed by atoms with E-state index in [-0.39, 0.29) is 24.7 Å². The normalized spacial score (nSPS) is 19.3. The van der Waals surface area contributed by atoms with Crippen molar-refractivity contribution in [1.82, 2.24) is 21.3 Å². The average molecular weight is 502 g/mol. The van der Waals surface area contributed by atoms with Gasteiger partial charge in [0.25, 0.3) is 5.91 Å². The van der Waals surface area contributed by atoms with Gasteiger partial charge in [-0.3, -0.25) is 19.2 Å². The van der Waals surface area contributed by atoms with E-state index in [2.05, 4.69) is 16.0 Å². The van der Waals surface area contributed by atoms with Crippen LogP contribution in [0.1, 0.15) is 60.8 Å². The number of carbonyl (C=O) groups is 4. The number of amides is 4. The first-order valence-corrected chi connectivity index (χ1v) is 11.7. The molecule has 0 bridgehead atoms. The van der Waals surface area contributed by atoms with Gasteiger partial charge < -0.3 is 26.0 Å². The first kappa shape index (κ1) is 30.2. The fourth-order valence-corrected chi connectivity index (χ4v) is 3.77. The van der Waals surface area contributed by atoms with Gasteiger partial charge >= 0.3 is 6.43 Å². The molecule has 0 aromatic rings. The largest absolute Gasteiger partial charge is 0.370 e. The molecule has 1 saturated heterocycles. The molecule has 0 saturated carbocycles. The lowest BCUT2D eigenvalue weighted by Crippen LogP contribution is -2.59. The lowest BCUT2D eigenvalue weighted by molar-refractivity contribution is -0.143. The Morgan fingerprint density at radius 2 is 1.74 bits per heavy atom. The first-order chi connectivity index (χ1) is 16.1. The molecule has 4 amide bonds. The zero-order chi connectivity index (χ0) is 26.9. The van der Waals surface area contributed by atoms with Gasteiger partial charge in [-0.15, -0.1) is 0 Å². The van der Waals surface area contributed by atoms with Crippen molar-refractivity contribution in [2.24, 2.45) is 11.8 Å². The molecule has 1 rings (SSSR count). The Morgan fingerprint density at radius 3 is 2.20 bits per heavy atom. The Balaban J connectivity index is 3.01. The number of hydrogen-bond donors (Lipinski definition) is 4. The van der Waals surface area contributed by atoms with Crippen molar-refractivity contribution in [3.8, 4) is 6.07 Å². The summed E-state index contributed by atoms with van der Waals surface area (Å²) in [5, 5.41) is 19.2. The van der Waals surface area contributed by atoms with E-state index >= 15 is 0 Å². The summed E-state index contributed by atoms with van der Waals surface area (Å²) in [6.07, 6.45) is -3.47. The number of halogens is 2. The van der Waals surface area contributed by atoms with E-state index < -0.39 is 59.9 Å². The van der Waals surface area contributed by atoms with E-state index in [0.717, 1.165) is 0 Å². The molecule has 0 aromatic heterocycles. The van der Waals surface area contributed by atoms with Gasteiger partial charge in [0.1, 0.15) is 18.1 Å². The van der Waals surface area contributed by atoms with Crippen molar-refractivity contribution < 1.29 is 32.7 Å². The first-order valence-electron chi connectivity index (χ1n) is 11.7. The molecule has 0 spiro atoms. The van der Waals surface area contributed by atoms with Crippen molar-refractivity contribution in [3.63, 3.8) is 0 Å². The van der Waals surface area contributed by atoms with Crippen LogP contribution in [0, 0.1) is 23.2 Å². The zero-order valence-electron chi connectivity index (χ0n) is 21.1. The highest BCUT2D eigenvalue weighted by atomic mass is 19.3. The summed E-state index contributed by atoms with van der Waals surface area (Å²) in [6, 6.07) is -1.60. The summed E-state index contributed by atoms with van der Waals surface area (Å²) in [4.78, 5) is 49.5. The van der Waals surface area contributed by atoms with Gasteiger partial charge in [0.2, 0.25) is 17.7 Å². The fraction of sp³-hybridized carbons (Fsp3) is 0.783. The van der Waals surface area contributed by atoms with Crippen molar-refractivity contribution in [2.45, 2.75) is 97.1 Å². The molecule has 198 valence electrons. The Kier molecular flexibility index (Phi) is 11.5. The summed E-state index contributed by atoms with van der Waals surface area (Å²) in [7, 11) is 0. The monoisotopic (exact) mass is 501 g/mol. The topological polar surface area (TPSA) is 149 Å². The number of ether oxygens (including phenoxy) is 1. The van der Waals surface area contributed by atoms with Gasteiger partial charge in [-0.25, -0.2) is 0 Å². The minimum Gasteiger partial charge on any atom is -0.370 e. The van der Waals surface area contributed by atoms with Crippen LogP contribution in [0.15, 0.2) is 0 Å². The van der Waals surface area contributed by atoms with E-state index in [0.29, 0.717) is 13.0 Å². The number of carbonyl (C=O) groups excluding carboxylic acids is 4. The average Bonchev–Trinajstić information content (AvgIpc) is 3.12. The molecular formula is C23H37F2N5O5. The highest BCUT2D eigenvalue weighted by molar-refractivity contribution is 5.93. The standard InChI is InChI=1S/C23H37F2N5O5/c1-12(2)9-16(20(32)28-15(11-26)10-14-7-8-27-19(14)31)29-21(33)17(30-22(34)18(24)25)13(3)35-23(4,5)6/h12-18H,7-10H2,1-6H3,(H,27,31)(H,28,32)(H,29,33)(H,30,34)/t13-,14+,15+,16+,17+/m1/s1. The van der Waals surface area contributed by atoms with Crippen LogP contribution in [0.5, 0.6) is 0 Å². The van der Waals surface area contributed by atoms with E-state index in [4.69, 9.17) is 4.74 Å². The van der Waals surface area contributed by atoms with E-state index in [1.807, 2.05) is 25.2 Å². The number of nitrogens with one attached hydrogen (secondary N) is 4. The molecule has 0 unspecified atom stereocenters. The van der Waals surface area contributed by atoms with Gasteiger partial charge in [-0.1, -0.05) is 13.8 Å². The number of rotatable bonds is 12. The van der Waals surface area contributed by atoms with Crippen LogP contribution in [0.25, 0.3) is 0 Å². The van der Waals surface area contributed by atoms with Crippen LogP contribution < -0.4 is 21.3 Å². The van der Waals surface area contributed by atoms with Gasteiger partial charge in [0.15, 0.2) is 0 Å². The predicted octanol–water partition coefficient (Wildman–Crippen LogP) is 1.01. The SMILES string of the molecule is CC(C)C[C@H](NC(=O)[C@@H](NC(=O)C(F)F)[C@@H](C)OC(C)(C)C)C(=O)N[C@H](C#N)C[C@@H]1CCNC1=O. The third-order valence-electron chi connectivity index (χ3n) is 5.28. The molecule has 0 radical (unpaired) electrons. The van der Waals surface area contributed by atoms with Crippen LogP contribution in [-0.2, 0) is 23.9 Å². The fourth-order valence-electron chi connectivity index (χ4n) is 3.77. The molecule has 1 aliphatic rings. The number of nitriles is 1. The van der Waals surface area contributed by atoms with Gasteiger partial charge in [-0.05, 0) is 52.9 Å². The summed E-state index contributed by atoms with van der Waals surface area (Å²) < 4.78 is 31.5. The van der Waals surface area contributed by atoms with Crippen LogP contribution in [0.3, 0.4) is 0 Å². The quantitative estimate of drug-likeness (QED) is 0.313. The van der Waals surface area contributed by atoms with Gasteiger partial charge in [0, 0.05) is 12.5 Å². The van der Waals surface area contributed by atoms with Crippen LogP contribution >= 0.6 is 0 Å². The number of hydrogen-bond acceptors (Lipinski definition) is 6. The Bertz CT molecular complexity index is 809. The molecule has 1 fully saturated rings. The van der Waals surface area contributed by atoms with Crippen molar-refractivity contribution in [1.29, 1.82) is 5.26 Å². The minimum absolute atomic E-state index is 0.0513. The smallest absolute Gasteiger partial charge is 0.315 e. The van der Waals surface area contributed by atoms with E-state index in [1.54, 1.807) is 20.8 Å². The van der Waals surface area contributed by atoms with Crippen molar-refractivity contribution in [3.05, 3.63) is 0 Å². The zero-order valence-corrected chi connectivity index (χ0v) is 21.1. The number of alkyl halides is 2. The third-order valence-corrected chi connectivity index (χ3v) is 5.28. The van der Waals surface area contributed by atoms with Gasteiger partial charge in [0.05, 0.1) is 17.8 Å². The Labute approximate surface area is 204 Å². The Hall–Kier alpha value is -2.81. The van der Waals surface area contributed by atoms with Crippen LogP contribution in [0.2, 0.25) is 0 Å². The van der Waals surface area contributed by atoms with E-state index in [9.17, 15) is 33.2 Å². The van der Waals surface area contributed by atoms with Crippen molar-refractivity contribution >= 4 is 23.6 Å². The summed E-state index contributed by atoms with van der Waals surface area (Å²) in [5.41, 5.74) is -0.741. The maximum absolute atomic E-state index is 13.1. The second-order valence-corrected chi connectivity index (χ2v) is 10.1. The maximum Gasteiger partial charge on any atom is 0.315 e. The van der Waals surface area contributed by atoms with Gasteiger partial charge in [-0.2, -0.15) is 14.0 Å². The van der Waals surface area contributed by atoms with E-state index in [1.165, 1.54) is 6.92 Å². The molecule has 1 aliphatic heterocycles. The van der Waals surface area contributed by atoms with Crippen LogP contribution in [-0.4, -0.2) is 66.4 Å². The molecule has 1 heterocycles. The molecule has 35 heavy (non-hydrogen) atoms. The Morgan fingerprint density at radius 1 is 1.11 bits per heavy atom. The molecular weight excluding hydrogens is 464 g/mol. The maximum atomic E-state index is 13.1. The lowest BCUT2D eigenvalue weighted by atomic mass is 9.97. The number of nitrogens with zero attached hydrogens (tertiary/aromatic N) is 1. The second kappa shape index (κ2) is 13.3. The van der Waals surface area contributed by atoms with Crippen molar-refractivity contribution in [2.75, 3.05) is 6.54 Å². The molecule has 10 nitrogen and oxygen atoms in total. The highest BCUT2D eigenvalue weighted by Gasteiger charge is 2.35. The summed E-state index contributed by atoms with van der Waals surface area (Å²) >= 11 is 0.